The lowest BCUT2D eigenvalue weighted by atomic mass is 10.2. The molecule has 0 radical (unpaired) electrons. The average molecular weight is 544 g/mol. The van der Waals surface area contributed by atoms with Crippen LogP contribution in [0.25, 0.3) is 10.2 Å². The van der Waals surface area contributed by atoms with Crippen molar-refractivity contribution >= 4 is 55.6 Å². The molecular formula is C27H21N5O2S3. The third kappa shape index (κ3) is 5.66. The number of rotatable bonds is 9. The molecule has 0 bridgehead atoms. The van der Waals surface area contributed by atoms with E-state index in [1.54, 1.807) is 29.3 Å². The van der Waals surface area contributed by atoms with Gasteiger partial charge in [0, 0.05) is 40.1 Å². The monoisotopic (exact) mass is 543 g/mol. The van der Waals surface area contributed by atoms with Gasteiger partial charge in [0.05, 0.1) is 22.1 Å². The van der Waals surface area contributed by atoms with Crippen molar-refractivity contribution in [2.75, 3.05) is 5.32 Å². The Hall–Kier alpha value is -3.73. The predicted molar refractivity (Wildman–Crippen MR) is 149 cm³/mol. The molecule has 5 aromatic heterocycles. The average Bonchev–Trinajstić information content (AvgIpc) is 3.67. The number of aryl methyl sites for hydroxylation is 3. The number of para-hydroxylation sites is 1. The number of nitrogens with one attached hydrogen (secondary N) is 1. The van der Waals surface area contributed by atoms with Crippen molar-refractivity contribution in [3.8, 4) is 11.5 Å². The lowest BCUT2D eigenvalue weighted by Gasteiger charge is -2.12. The van der Waals surface area contributed by atoms with Gasteiger partial charge >= 0.3 is 0 Å². The molecule has 0 unspecified atom stereocenters. The van der Waals surface area contributed by atoms with E-state index in [4.69, 9.17) is 19.1 Å². The third-order valence-electron chi connectivity index (χ3n) is 5.38. The van der Waals surface area contributed by atoms with E-state index in [0.29, 0.717) is 18.0 Å². The number of nitrogens with zero attached hydrogens (tertiary/aromatic N) is 4. The molecule has 1 N–H and O–H groups in total. The number of anilines is 2. The number of pyridine rings is 2. The van der Waals surface area contributed by atoms with Gasteiger partial charge in [0.2, 0.25) is 0 Å². The van der Waals surface area contributed by atoms with E-state index in [1.807, 2.05) is 73.2 Å². The van der Waals surface area contributed by atoms with E-state index in [1.165, 1.54) is 11.3 Å². The highest BCUT2D eigenvalue weighted by Crippen LogP contribution is 2.39. The summed E-state index contributed by atoms with van der Waals surface area (Å²) in [6.45, 7) is 1.90. The summed E-state index contributed by atoms with van der Waals surface area (Å²) in [6.07, 6.45) is 6.88. The molecule has 0 fully saturated rings. The molecular weight excluding hydrogens is 523 g/mol. The highest BCUT2D eigenvalue weighted by atomic mass is 32.2. The van der Waals surface area contributed by atoms with E-state index < -0.39 is 0 Å². The van der Waals surface area contributed by atoms with Gasteiger partial charge in [-0.25, -0.2) is 15.0 Å². The summed E-state index contributed by atoms with van der Waals surface area (Å²) in [5.74, 6) is 3.51. The predicted octanol–water partition coefficient (Wildman–Crippen LogP) is 7.92. The minimum absolute atomic E-state index is 0.605. The maximum Gasteiger partial charge on any atom is 0.194 e. The summed E-state index contributed by atoms with van der Waals surface area (Å²) in [5, 5.41) is 8.19. The lowest BCUT2D eigenvalue weighted by molar-refractivity contribution is 0.470. The van der Waals surface area contributed by atoms with Gasteiger partial charge < -0.3 is 14.5 Å². The molecule has 5 heterocycles. The summed E-state index contributed by atoms with van der Waals surface area (Å²) < 4.78 is 13.0. The Kier molecular flexibility index (Phi) is 6.85. The quantitative estimate of drug-likeness (QED) is 0.197. The number of benzene rings is 1. The Bertz CT molecular complexity index is 1640. The molecule has 0 saturated carbocycles. The second-order valence-electron chi connectivity index (χ2n) is 8.11. The minimum atomic E-state index is 0.605. The van der Waals surface area contributed by atoms with Gasteiger partial charge in [-0.05, 0) is 43.0 Å². The molecule has 0 aliphatic heterocycles. The van der Waals surface area contributed by atoms with Gasteiger partial charge in [0.1, 0.15) is 11.5 Å². The van der Waals surface area contributed by atoms with Crippen molar-refractivity contribution in [1.29, 1.82) is 0 Å². The zero-order valence-electron chi connectivity index (χ0n) is 19.7. The molecule has 6 rings (SSSR count). The summed E-state index contributed by atoms with van der Waals surface area (Å²) in [4.78, 5) is 20.3. The summed E-state index contributed by atoms with van der Waals surface area (Å²) in [6, 6.07) is 15.8. The zero-order valence-corrected chi connectivity index (χ0v) is 22.2. The molecule has 0 amide bonds. The van der Waals surface area contributed by atoms with Gasteiger partial charge in [-0.15, -0.1) is 22.7 Å². The van der Waals surface area contributed by atoms with Crippen molar-refractivity contribution in [2.24, 2.45) is 0 Å². The van der Waals surface area contributed by atoms with Crippen LogP contribution in [0, 0.1) is 6.92 Å². The fraction of sp³-hybridized carbons (Fsp3) is 0.111. The van der Waals surface area contributed by atoms with Crippen LogP contribution in [0.4, 0.5) is 10.9 Å². The summed E-state index contributed by atoms with van der Waals surface area (Å²) >= 11 is 4.86. The van der Waals surface area contributed by atoms with Gasteiger partial charge in [0.25, 0.3) is 0 Å². The maximum atomic E-state index is 6.26. The van der Waals surface area contributed by atoms with Gasteiger partial charge in [-0.1, -0.05) is 30.0 Å². The molecule has 0 saturated heterocycles. The van der Waals surface area contributed by atoms with E-state index >= 15 is 0 Å². The first kappa shape index (κ1) is 23.7. The molecule has 6 aromatic rings. The van der Waals surface area contributed by atoms with E-state index in [2.05, 4.69) is 20.7 Å². The smallest absolute Gasteiger partial charge is 0.194 e. The fourth-order valence-corrected chi connectivity index (χ4v) is 6.28. The second-order valence-corrected chi connectivity index (χ2v) is 11.0. The summed E-state index contributed by atoms with van der Waals surface area (Å²) in [7, 11) is 0. The van der Waals surface area contributed by atoms with Crippen molar-refractivity contribution in [1.82, 2.24) is 19.9 Å². The standard InChI is InChI=1S/C27H21N5O2S3/c1-17-14-29-24(33-17)8-7-18-16-36-27(31-18)32-26-22(34-19-5-3-2-4-6-19)13-20(15-30-26)37-23-9-11-28-21-10-12-35-25(21)23/h2-6,9-16H,7-8H2,1H3,(H,30,31,32). The van der Waals surface area contributed by atoms with E-state index in [0.717, 1.165) is 54.7 Å². The maximum absolute atomic E-state index is 6.26. The molecule has 37 heavy (non-hydrogen) atoms. The molecule has 1 aromatic carbocycles. The molecule has 7 nitrogen and oxygen atoms in total. The van der Waals surface area contributed by atoms with Crippen molar-refractivity contribution in [3.63, 3.8) is 0 Å². The van der Waals surface area contributed by atoms with Crippen LogP contribution in [-0.4, -0.2) is 19.9 Å². The number of hydrogen-bond donors (Lipinski definition) is 1. The number of hydrogen-bond acceptors (Lipinski definition) is 10. The largest absolute Gasteiger partial charge is 0.453 e. The Morgan fingerprint density at radius 2 is 1.92 bits per heavy atom. The Morgan fingerprint density at radius 1 is 1.00 bits per heavy atom. The normalized spacial score (nSPS) is 11.2. The fourth-order valence-electron chi connectivity index (χ4n) is 3.66. The van der Waals surface area contributed by atoms with Crippen LogP contribution in [-0.2, 0) is 12.8 Å². The molecule has 0 aliphatic rings. The topological polar surface area (TPSA) is 86.0 Å². The first-order valence-corrected chi connectivity index (χ1v) is 14.1. The minimum Gasteiger partial charge on any atom is -0.453 e. The first-order valence-electron chi connectivity index (χ1n) is 11.6. The molecule has 184 valence electrons. The second kappa shape index (κ2) is 10.7. The Morgan fingerprint density at radius 3 is 2.78 bits per heavy atom. The van der Waals surface area contributed by atoms with Crippen LogP contribution in [0.15, 0.2) is 92.1 Å². The van der Waals surface area contributed by atoms with Crippen molar-refractivity contribution in [2.45, 2.75) is 29.6 Å². The van der Waals surface area contributed by atoms with E-state index in [9.17, 15) is 0 Å². The SMILES string of the molecule is Cc1cnc(CCc2csc(Nc3ncc(Sc4ccnc5ccsc45)cc3Oc3ccccc3)n2)o1. The molecule has 10 heteroatoms. The Balaban J connectivity index is 1.24. The number of aromatic nitrogens is 4. The van der Waals surface area contributed by atoms with E-state index in [-0.39, 0.29) is 0 Å². The Labute approximate surface area is 225 Å². The highest BCUT2D eigenvalue weighted by Gasteiger charge is 2.14. The van der Waals surface area contributed by atoms with Crippen molar-refractivity contribution in [3.05, 3.63) is 95.2 Å². The highest BCUT2D eigenvalue weighted by molar-refractivity contribution is 7.99. The summed E-state index contributed by atoms with van der Waals surface area (Å²) in [5.41, 5.74) is 1.97. The van der Waals surface area contributed by atoms with Crippen molar-refractivity contribution < 1.29 is 9.15 Å². The van der Waals surface area contributed by atoms with Crippen LogP contribution in [0.2, 0.25) is 0 Å². The van der Waals surface area contributed by atoms with Crippen LogP contribution >= 0.6 is 34.4 Å². The number of thiophene rings is 1. The zero-order chi connectivity index (χ0) is 25.0. The first-order chi connectivity index (χ1) is 18.2. The number of thiazole rings is 1. The lowest BCUT2D eigenvalue weighted by Crippen LogP contribution is -1.98. The number of oxazole rings is 1. The number of ether oxygens (including phenoxy) is 1. The molecule has 0 aliphatic carbocycles. The van der Waals surface area contributed by atoms with Gasteiger partial charge in [0.15, 0.2) is 22.6 Å². The van der Waals surface area contributed by atoms with Gasteiger partial charge in [-0.3, -0.25) is 4.98 Å². The van der Waals surface area contributed by atoms with Crippen LogP contribution in [0.3, 0.4) is 0 Å². The third-order valence-corrected chi connectivity index (χ3v) is 8.27. The van der Waals surface area contributed by atoms with Crippen LogP contribution in [0.5, 0.6) is 11.5 Å². The molecule has 0 atom stereocenters. The molecule has 0 spiro atoms. The van der Waals surface area contributed by atoms with Crippen LogP contribution < -0.4 is 10.1 Å². The van der Waals surface area contributed by atoms with Gasteiger partial charge in [-0.2, -0.15) is 0 Å². The van der Waals surface area contributed by atoms with Crippen LogP contribution in [0.1, 0.15) is 17.3 Å². The number of fused-ring (bicyclic) bond motifs is 1.